The highest BCUT2D eigenvalue weighted by Gasteiger charge is 2.40. The average Bonchev–Trinajstić information content (AvgIpc) is 1.03. The number of carbonyl (C=O) groups is 18. The number of carboxylic acids is 3. The molecule has 40 nitrogen and oxygen atoms in total. The number of nitrogens with one attached hydrogen (secondary N) is 16. The Kier molecular flexibility index (Phi) is 41.1. The number of hydrogen-bond acceptors (Lipinski definition) is 21. The first-order valence-electron chi connectivity index (χ1n) is 37.3. The minimum absolute atomic E-state index is 0.00552. The third kappa shape index (κ3) is 34.4. The lowest BCUT2D eigenvalue weighted by Gasteiger charge is -2.30. The molecule has 3 heterocycles. The van der Waals surface area contributed by atoms with E-state index < -0.39 is 229 Å². The summed E-state index contributed by atoms with van der Waals surface area (Å²) in [5, 5.41) is 76.1. The molecule has 0 unspecified atom stereocenters. The van der Waals surface area contributed by atoms with E-state index in [1.807, 2.05) is 5.32 Å². The number of amides is 15. The standard InChI is InChI=1S/C70H114N18O22/c1-10-38(8)57-69(108)86-47(27-37(6)7)64(103)83-49-29-53(91)73-23-16-13-19-43(60(99)85-51(31-56(95)96)67(106)87-52(33-89)70(109)110)78-62(101)45(25-35(2)3)81-63(102)46(26-36(4)5)80-58(97)42(79-66(49)105)18-12-15-24-74-54(92)30-50(68(107)88-57)84-65(104)48(28-40-32-72-34-75-40)82-59(98)41(17-11-14-22-71)77-61(100)44(76-39(9)90)20-21-55(93)94/h32,34-38,41-52,57,89H,10-31,33,71H2,1-9H3,(H,72,75)(H,73,91)(H,74,92)(H,76,90)(H,77,100)(H,78,101)(H,79,105)(H,80,97)(H,81,102)(H,82,98)(H,83,103)(H,84,104)(H,85,99)(H,86,108)(H,87,106)(H,88,107)(H,93,94)(H,95,96)(H,109,110)/t38-,41-,42-,43-,44-,45-,46-,47-,48-,49-,50-,51-,52-,57-/m0/s1. The van der Waals surface area contributed by atoms with Crippen molar-refractivity contribution < 1.29 is 107 Å². The highest BCUT2D eigenvalue weighted by atomic mass is 16.4. The summed E-state index contributed by atoms with van der Waals surface area (Å²) >= 11 is 0. The molecule has 22 N–H and O–H groups in total. The van der Waals surface area contributed by atoms with Gasteiger partial charge < -0.3 is 111 Å². The summed E-state index contributed by atoms with van der Waals surface area (Å²) in [6.45, 7) is 13.3. The molecule has 2 bridgehead atoms. The first-order chi connectivity index (χ1) is 51.9. The summed E-state index contributed by atoms with van der Waals surface area (Å²) in [6.07, 6.45) is -1.39. The zero-order valence-electron chi connectivity index (χ0n) is 63.9. The second-order valence-electron chi connectivity index (χ2n) is 28.9. The maximum Gasteiger partial charge on any atom is 0.328 e. The number of rotatable bonds is 32. The number of imidazole rings is 1. The maximum absolute atomic E-state index is 14.9. The van der Waals surface area contributed by atoms with Gasteiger partial charge in [-0.2, -0.15) is 0 Å². The van der Waals surface area contributed by atoms with Gasteiger partial charge in [-0.25, -0.2) is 9.78 Å². The van der Waals surface area contributed by atoms with Crippen molar-refractivity contribution in [3.05, 3.63) is 18.2 Å². The van der Waals surface area contributed by atoms with Crippen molar-refractivity contribution in [2.24, 2.45) is 29.4 Å². The fourth-order valence-electron chi connectivity index (χ4n) is 11.9. The molecule has 14 atom stereocenters. The minimum atomic E-state index is -1.96. The normalized spacial score (nSPS) is 22.4. The molecule has 15 amide bonds. The molecule has 2 saturated heterocycles. The van der Waals surface area contributed by atoms with Crippen LogP contribution in [0.25, 0.3) is 0 Å². The zero-order valence-corrected chi connectivity index (χ0v) is 63.9. The summed E-state index contributed by atoms with van der Waals surface area (Å²) < 4.78 is 0. The van der Waals surface area contributed by atoms with Crippen molar-refractivity contribution in [2.75, 3.05) is 26.2 Å². The molecule has 3 rings (SSSR count). The van der Waals surface area contributed by atoms with Crippen LogP contribution < -0.4 is 85.5 Å². The topological polar surface area (TPSA) is 623 Å². The highest BCUT2D eigenvalue weighted by Crippen LogP contribution is 2.17. The molecule has 0 saturated carbocycles. The lowest BCUT2D eigenvalue weighted by molar-refractivity contribution is -0.144. The Bertz CT molecular complexity index is 3340. The number of fused-ring (bicyclic) bond motifs is 3. The third-order valence-electron chi connectivity index (χ3n) is 17.9. The van der Waals surface area contributed by atoms with Gasteiger partial charge in [0.1, 0.15) is 78.5 Å². The fraction of sp³-hybridized carbons (Fsp3) is 0.700. The number of nitrogens with two attached hydrogens (primary N) is 1. The monoisotopic (exact) mass is 1560 g/mol. The summed E-state index contributed by atoms with van der Waals surface area (Å²) in [4.78, 5) is 256. The first kappa shape index (κ1) is 93.8. The summed E-state index contributed by atoms with van der Waals surface area (Å²) in [6, 6.07) is -21.2. The van der Waals surface area contributed by atoms with Crippen LogP contribution in [0.2, 0.25) is 0 Å². The van der Waals surface area contributed by atoms with E-state index in [0.29, 0.717) is 6.42 Å². The average molecular weight is 1560 g/mol. The number of carbonyl (C=O) groups excluding carboxylic acids is 15. The van der Waals surface area contributed by atoms with E-state index in [0.717, 1.165) is 6.92 Å². The summed E-state index contributed by atoms with van der Waals surface area (Å²) in [5.41, 5.74) is 6.03. The molecule has 2 aliphatic rings. The molecule has 0 aliphatic carbocycles. The predicted octanol–water partition coefficient (Wildman–Crippen LogP) is -4.62. The number of nitrogens with zero attached hydrogens (tertiary/aromatic N) is 1. The van der Waals surface area contributed by atoms with Crippen molar-refractivity contribution in [1.82, 2.24) is 89.7 Å². The Morgan fingerprint density at radius 1 is 0.536 bits per heavy atom. The van der Waals surface area contributed by atoms with Crippen molar-refractivity contribution >= 4 is 107 Å². The molecule has 110 heavy (non-hydrogen) atoms. The molecule has 1 aromatic heterocycles. The molecule has 2 fully saturated rings. The van der Waals surface area contributed by atoms with E-state index in [1.165, 1.54) is 12.5 Å². The van der Waals surface area contributed by atoms with Crippen LogP contribution in [0, 0.1) is 23.7 Å². The van der Waals surface area contributed by atoms with Crippen molar-refractivity contribution in [2.45, 2.75) is 263 Å². The van der Waals surface area contributed by atoms with E-state index in [-0.39, 0.29) is 127 Å². The number of aromatic nitrogens is 2. The lowest BCUT2D eigenvalue weighted by Crippen LogP contribution is -2.62. The van der Waals surface area contributed by atoms with E-state index in [2.05, 4.69) is 84.4 Å². The van der Waals surface area contributed by atoms with Gasteiger partial charge in [0.2, 0.25) is 88.6 Å². The van der Waals surface area contributed by atoms with E-state index in [1.54, 1.807) is 55.4 Å². The van der Waals surface area contributed by atoms with Crippen LogP contribution in [-0.2, 0) is 92.7 Å². The smallest absolute Gasteiger partial charge is 0.328 e. The van der Waals surface area contributed by atoms with Gasteiger partial charge >= 0.3 is 17.9 Å². The van der Waals surface area contributed by atoms with Crippen molar-refractivity contribution in [3.8, 4) is 0 Å². The predicted molar refractivity (Wildman–Crippen MR) is 391 cm³/mol. The molecule has 1 aromatic rings. The Hall–Kier alpha value is -10.4. The van der Waals surface area contributed by atoms with Crippen LogP contribution in [0.15, 0.2) is 12.5 Å². The van der Waals surface area contributed by atoms with E-state index >= 15 is 0 Å². The molecule has 40 heteroatoms. The van der Waals surface area contributed by atoms with Gasteiger partial charge in [0.25, 0.3) is 0 Å². The largest absolute Gasteiger partial charge is 0.481 e. The molecule has 616 valence electrons. The molecular weight excluding hydrogens is 1440 g/mol. The van der Waals surface area contributed by atoms with Gasteiger partial charge in [-0.3, -0.25) is 81.5 Å². The molecule has 0 radical (unpaired) electrons. The van der Waals surface area contributed by atoms with Gasteiger partial charge in [0.05, 0.1) is 32.2 Å². The van der Waals surface area contributed by atoms with Crippen LogP contribution in [0.3, 0.4) is 0 Å². The number of hydrogen-bond donors (Lipinski definition) is 21. The SMILES string of the molecule is CC[C@H](C)[C@@H]1NC(=O)[C@@H](NC(=O)[C@H](Cc2cnc[nH]2)NC(=O)[C@H](CCCCN)NC(=O)[C@H](CCC(=O)O)NC(C)=O)CC(=O)NCCCC[C@@H]2NC(=O)[C@H](CC(=O)NCCCC[C@@H](C(=O)N[C@@H](CC(=O)O)C(=O)N[C@@H](CO)C(=O)O)NC(=O)[C@H](CC(C)C)NC(=O)[C@H](CC(C)C)NC2=O)NC(=O)[C@H](CC(C)C)NC1=O. The zero-order chi connectivity index (χ0) is 82.5. The van der Waals surface area contributed by atoms with Crippen molar-refractivity contribution in [3.63, 3.8) is 0 Å². The molecular formula is C70H114N18O22. The lowest BCUT2D eigenvalue weighted by atomic mass is 9.96. The second-order valence-corrected chi connectivity index (χ2v) is 28.9. The highest BCUT2D eigenvalue weighted by molar-refractivity contribution is 6.02. The first-order valence-corrected chi connectivity index (χ1v) is 37.3. The van der Waals surface area contributed by atoms with Gasteiger partial charge in [-0.1, -0.05) is 61.8 Å². The number of unbranched alkanes of at least 4 members (excludes halogenated alkanes) is 1. The molecule has 0 aromatic carbocycles. The number of aliphatic carboxylic acids is 3. The number of carboxylic acid groups (broad SMARTS) is 3. The van der Waals surface area contributed by atoms with E-state index in [9.17, 15) is 107 Å². The van der Waals surface area contributed by atoms with Crippen LogP contribution >= 0.6 is 0 Å². The second kappa shape index (κ2) is 48.2. The van der Waals surface area contributed by atoms with Crippen LogP contribution in [0.5, 0.6) is 0 Å². The Balaban J connectivity index is 2.21. The third-order valence-corrected chi connectivity index (χ3v) is 17.9. The van der Waals surface area contributed by atoms with Gasteiger partial charge in [-0.05, 0) is 114 Å². The number of aliphatic hydroxyl groups is 1. The number of H-pyrrole nitrogens is 1. The van der Waals surface area contributed by atoms with Crippen LogP contribution in [0.4, 0.5) is 0 Å². The summed E-state index contributed by atoms with van der Waals surface area (Å²) in [5.74, 6) is -21.2. The van der Waals surface area contributed by atoms with Crippen LogP contribution in [-0.4, -0.2) is 242 Å². The minimum Gasteiger partial charge on any atom is -0.481 e. The Morgan fingerprint density at radius 3 is 1.57 bits per heavy atom. The van der Waals surface area contributed by atoms with E-state index in [4.69, 9.17) is 5.73 Å². The number of aliphatic hydroxyl groups excluding tert-OH is 1. The Labute approximate surface area is 637 Å². The molecule has 0 spiro atoms. The van der Waals surface area contributed by atoms with Crippen molar-refractivity contribution in [1.29, 1.82) is 0 Å². The Morgan fingerprint density at radius 2 is 1.05 bits per heavy atom. The number of aromatic amines is 1. The maximum atomic E-state index is 14.9. The molecule has 2 aliphatic heterocycles. The summed E-state index contributed by atoms with van der Waals surface area (Å²) in [7, 11) is 0. The quantitative estimate of drug-likeness (QED) is 0.0302. The van der Waals surface area contributed by atoms with Gasteiger partial charge in [-0.15, -0.1) is 0 Å². The van der Waals surface area contributed by atoms with Gasteiger partial charge in [0.15, 0.2) is 0 Å². The van der Waals surface area contributed by atoms with Crippen LogP contribution in [0.1, 0.15) is 184 Å². The fourth-order valence-corrected chi connectivity index (χ4v) is 11.9. The van der Waals surface area contributed by atoms with Gasteiger partial charge in [0, 0.05) is 44.7 Å².